The number of amides is 2. The average molecular weight is 329 g/mol. The van der Waals surface area contributed by atoms with Gasteiger partial charge in [0.2, 0.25) is 5.91 Å². The zero-order chi connectivity index (χ0) is 17.1. The second kappa shape index (κ2) is 6.77. The Bertz CT molecular complexity index is 758. The lowest BCUT2D eigenvalue weighted by molar-refractivity contribution is -0.119. The lowest BCUT2D eigenvalue weighted by Crippen LogP contribution is -2.32. The summed E-state index contributed by atoms with van der Waals surface area (Å²) in [6.45, 7) is 4.14. The molecule has 1 saturated heterocycles. The minimum Gasteiger partial charge on any atom is -0.448 e. The number of nitrogens with zero attached hydrogens (tertiary/aromatic N) is 4. The van der Waals surface area contributed by atoms with Crippen LogP contribution in [-0.2, 0) is 11.3 Å². The fraction of sp³-hybridized carbons (Fsp3) is 0.438. The minimum absolute atomic E-state index is 0.124. The van der Waals surface area contributed by atoms with Gasteiger partial charge in [-0.3, -0.25) is 19.6 Å². The van der Waals surface area contributed by atoms with E-state index < -0.39 is 0 Å². The molecule has 1 N–H and O–H groups in total. The van der Waals surface area contributed by atoms with Gasteiger partial charge in [-0.05, 0) is 19.8 Å². The van der Waals surface area contributed by atoms with Gasteiger partial charge in [0.15, 0.2) is 12.1 Å². The molecule has 1 fully saturated rings. The summed E-state index contributed by atoms with van der Waals surface area (Å²) in [6.07, 6.45) is 6.28. The number of aryl methyl sites for hydroxylation is 1. The second-order valence-electron chi connectivity index (χ2n) is 5.76. The molecule has 0 saturated carbocycles. The largest absolute Gasteiger partial charge is 0.448 e. The monoisotopic (exact) mass is 329 g/mol. The van der Waals surface area contributed by atoms with E-state index in [0.717, 1.165) is 18.5 Å². The zero-order valence-electron chi connectivity index (χ0n) is 13.7. The van der Waals surface area contributed by atoms with Crippen molar-refractivity contribution in [2.45, 2.75) is 39.3 Å². The van der Waals surface area contributed by atoms with Crippen molar-refractivity contribution in [1.82, 2.24) is 25.2 Å². The Hall–Kier alpha value is -2.77. The summed E-state index contributed by atoms with van der Waals surface area (Å²) < 4.78 is 5.13. The van der Waals surface area contributed by atoms with E-state index >= 15 is 0 Å². The van der Waals surface area contributed by atoms with Gasteiger partial charge < -0.3 is 14.6 Å². The summed E-state index contributed by atoms with van der Waals surface area (Å²) in [5, 5.41) is 2.70. The molecule has 24 heavy (non-hydrogen) atoms. The number of likely N-dealkylation sites (tertiary alicyclic amines) is 1. The first-order chi connectivity index (χ1) is 11.6. The van der Waals surface area contributed by atoms with E-state index in [1.807, 2.05) is 0 Å². The van der Waals surface area contributed by atoms with Crippen LogP contribution in [0.1, 0.15) is 53.4 Å². The number of hydrogen-bond acceptors (Lipinski definition) is 6. The number of hydrogen-bond donors (Lipinski definition) is 1. The van der Waals surface area contributed by atoms with Crippen molar-refractivity contribution in [1.29, 1.82) is 0 Å². The highest BCUT2D eigenvalue weighted by Crippen LogP contribution is 2.32. The Kier molecular flexibility index (Phi) is 4.54. The van der Waals surface area contributed by atoms with Crippen LogP contribution in [-0.4, -0.2) is 38.2 Å². The molecule has 1 aliphatic heterocycles. The van der Waals surface area contributed by atoms with Crippen molar-refractivity contribution < 1.29 is 14.0 Å². The van der Waals surface area contributed by atoms with Gasteiger partial charge in [-0.25, -0.2) is 4.98 Å². The number of aromatic nitrogens is 3. The fourth-order valence-corrected chi connectivity index (χ4v) is 2.85. The maximum atomic E-state index is 12.7. The highest BCUT2D eigenvalue weighted by atomic mass is 16.3. The molecular formula is C16H19N5O3. The van der Waals surface area contributed by atoms with Gasteiger partial charge in [-0.15, -0.1) is 0 Å². The van der Waals surface area contributed by atoms with E-state index in [-0.39, 0.29) is 17.9 Å². The van der Waals surface area contributed by atoms with Crippen molar-refractivity contribution >= 4 is 11.8 Å². The van der Waals surface area contributed by atoms with Crippen LogP contribution in [0, 0.1) is 6.92 Å². The number of carbonyl (C=O) groups is 2. The highest BCUT2D eigenvalue weighted by molar-refractivity contribution is 5.93. The van der Waals surface area contributed by atoms with Crippen LogP contribution in [0.5, 0.6) is 0 Å². The number of rotatable bonds is 4. The van der Waals surface area contributed by atoms with E-state index in [0.29, 0.717) is 30.2 Å². The predicted octanol–water partition coefficient (Wildman–Crippen LogP) is 1.39. The molecule has 8 nitrogen and oxygen atoms in total. The topological polar surface area (TPSA) is 101 Å². The van der Waals surface area contributed by atoms with Gasteiger partial charge in [-0.2, -0.15) is 0 Å². The van der Waals surface area contributed by atoms with Crippen molar-refractivity contribution in [3.63, 3.8) is 0 Å². The molecule has 0 aromatic carbocycles. The van der Waals surface area contributed by atoms with E-state index in [1.165, 1.54) is 13.3 Å². The summed E-state index contributed by atoms with van der Waals surface area (Å²) in [5.41, 5.74) is 1.73. The van der Waals surface area contributed by atoms with Crippen LogP contribution < -0.4 is 5.32 Å². The third-order valence-corrected chi connectivity index (χ3v) is 4.02. The molecule has 1 atom stereocenters. The number of nitrogens with one attached hydrogen (secondary N) is 1. The third kappa shape index (κ3) is 3.27. The molecule has 8 heteroatoms. The molecule has 2 aromatic rings. The molecule has 126 valence electrons. The third-order valence-electron chi connectivity index (χ3n) is 4.02. The van der Waals surface area contributed by atoms with Crippen molar-refractivity contribution in [3.05, 3.63) is 41.6 Å². The number of carbonyl (C=O) groups excluding carboxylic acids is 2. The van der Waals surface area contributed by atoms with Crippen LogP contribution in [0.3, 0.4) is 0 Å². The molecule has 0 spiro atoms. The summed E-state index contributed by atoms with van der Waals surface area (Å²) >= 11 is 0. The predicted molar refractivity (Wildman–Crippen MR) is 83.8 cm³/mol. The summed E-state index contributed by atoms with van der Waals surface area (Å²) in [5.74, 6) is 0.232. The van der Waals surface area contributed by atoms with Gasteiger partial charge in [0.1, 0.15) is 5.76 Å². The normalized spacial score (nSPS) is 17.1. The Morgan fingerprint density at radius 3 is 2.96 bits per heavy atom. The van der Waals surface area contributed by atoms with Crippen molar-refractivity contribution in [3.8, 4) is 0 Å². The molecule has 1 aliphatic rings. The van der Waals surface area contributed by atoms with Gasteiger partial charge in [0.25, 0.3) is 5.91 Å². The lowest BCUT2D eigenvalue weighted by atomic mass is 10.1. The second-order valence-corrected chi connectivity index (χ2v) is 5.76. The minimum atomic E-state index is -0.155. The Balaban J connectivity index is 1.80. The molecular weight excluding hydrogens is 310 g/mol. The highest BCUT2D eigenvalue weighted by Gasteiger charge is 2.33. The van der Waals surface area contributed by atoms with E-state index in [1.54, 1.807) is 24.2 Å². The Morgan fingerprint density at radius 1 is 1.42 bits per heavy atom. The van der Waals surface area contributed by atoms with Crippen LogP contribution in [0.4, 0.5) is 0 Å². The average Bonchev–Trinajstić information content (AvgIpc) is 3.21. The van der Waals surface area contributed by atoms with Crippen LogP contribution in [0.15, 0.2) is 23.2 Å². The van der Waals surface area contributed by atoms with Gasteiger partial charge in [0, 0.05) is 13.5 Å². The van der Waals surface area contributed by atoms with Crippen molar-refractivity contribution in [2.24, 2.45) is 0 Å². The Labute approximate surface area is 139 Å². The SMILES string of the molecule is CC(=O)NCc1cncc(C2CCCN2C(=O)c2ncoc2C)n1. The molecule has 3 rings (SSSR count). The fourth-order valence-electron chi connectivity index (χ4n) is 2.85. The molecule has 3 heterocycles. The molecule has 1 unspecified atom stereocenters. The first kappa shape index (κ1) is 16.1. The van der Waals surface area contributed by atoms with Crippen LogP contribution in [0.2, 0.25) is 0 Å². The molecule has 2 aromatic heterocycles. The first-order valence-electron chi connectivity index (χ1n) is 7.82. The Morgan fingerprint density at radius 2 is 2.25 bits per heavy atom. The lowest BCUT2D eigenvalue weighted by Gasteiger charge is -2.23. The van der Waals surface area contributed by atoms with Gasteiger partial charge >= 0.3 is 0 Å². The summed E-state index contributed by atoms with van der Waals surface area (Å²) in [6, 6.07) is -0.140. The van der Waals surface area contributed by atoms with Gasteiger partial charge in [-0.1, -0.05) is 0 Å². The van der Waals surface area contributed by atoms with Crippen LogP contribution in [0.25, 0.3) is 0 Å². The van der Waals surface area contributed by atoms with E-state index in [4.69, 9.17) is 4.42 Å². The summed E-state index contributed by atoms with van der Waals surface area (Å²) in [4.78, 5) is 38.3. The standard InChI is InChI=1S/C16H19N5O3/c1-10-15(19-9-24-10)16(23)21-5-3-4-14(21)13-8-17-6-12(20-13)7-18-11(2)22/h6,8-9,14H,3-5,7H2,1-2H3,(H,18,22). The molecule has 0 radical (unpaired) electrons. The summed E-state index contributed by atoms with van der Waals surface area (Å²) in [7, 11) is 0. The number of oxazole rings is 1. The van der Waals surface area contributed by atoms with Gasteiger partial charge in [0.05, 0.1) is 36.4 Å². The molecule has 2 amide bonds. The maximum Gasteiger partial charge on any atom is 0.276 e. The van der Waals surface area contributed by atoms with E-state index in [2.05, 4.69) is 20.3 Å². The molecule has 0 aliphatic carbocycles. The van der Waals surface area contributed by atoms with Crippen LogP contribution >= 0.6 is 0 Å². The van der Waals surface area contributed by atoms with E-state index in [9.17, 15) is 9.59 Å². The maximum absolute atomic E-state index is 12.7. The zero-order valence-corrected chi connectivity index (χ0v) is 13.7. The molecule has 0 bridgehead atoms. The van der Waals surface area contributed by atoms with Crippen molar-refractivity contribution in [2.75, 3.05) is 6.54 Å². The quantitative estimate of drug-likeness (QED) is 0.909. The smallest absolute Gasteiger partial charge is 0.276 e. The first-order valence-corrected chi connectivity index (χ1v) is 7.82.